The van der Waals surface area contributed by atoms with Crippen LogP contribution in [0.4, 0.5) is 0 Å². The van der Waals surface area contributed by atoms with Gasteiger partial charge < -0.3 is 0 Å². The first-order valence-corrected chi connectivity index (χ1v) is 5.36. The number of hydrogen-bond donors (Lipinski definition) is 0. The molecule has 1 unspecified atom stereocenters. The van der Waals surface area contributed by atoms with Crippen molar-refractivity contribution in [2.45, 2.75) is 38.9 Å². The summed E-state index contributed by atoms with van der Waals surface area (Å²) in [5.41, 5.74) is 0. The molecule has 0 aromatic heterocycles. The average molecular weight is 158 g/mol. The highest BCUT2D eigenvalue weighted by atomic mass is 32.2. The summed E-state index contributed by atoms with van der Waals surface area (Å²) in [6, 6.07) is 0. The van der Waals surface area contributed by atoms with Gasteiger partial charge in [0.15, 0.2) is 0 Å². The summed E-state index contributed by atoms with van der Waals surface area (Å²) in [4.78, 5) is 0. The summed E-state index contributed by atoms with van der Waals surface area (Å²) in [7, 11) is 0. The first-order valence-electron chi connectivity index (χ1n) is 4.31. The molecule has 0 aromatic carbocycles. The van der Waals surface area contributed by atoms with Gasteiger partial charge in [0.25, 0.3) is 0 Å². The molecule has 1 aliphatic heterocycles. The highest BCUT2D eigenvalue weighted by Crippen LogP contribution is 2.32. The molecule has 1 heteroatoms. The first kappa shape index (κ1) is 8.45. The van der Waals surface area contributed by atoms with Crippen LogP contribution in [0.25, 0.3) is 0 Å². The zero-order chi connectivity index (χ0) is 7.56. The molecule has 0 radical (unpaired) electrons. The van der Waals surface area contributed by atoms with Gasteiger partial charge in [-0.05, 0) is 30.4 Å². The van der Waals surface area contributed by atoms with Gasteiger partial charge in [-0.25, -0.2) is 0 Å². The fourth-order valence-electron chi connectivity index (χ4n) is 1.43. The monoisotopic (exact) mass is 158 g/mol. The van der Waals surface area contributed by atoms with Gasteiger partial charge >= 0.3 is 0 Å². The standard InChI is InChI=1S/C9H18S/c1-7(2)9-5-4-8(3)10-6-9/h7-9H,4-6H2,1-3H3/t8-,9?/m0/s1. The summed E-state index contributed by atoms with van der Waals surface area (Å²) in [6.07, 6.45) is 2.90. The molecule has 1 fully saturated rings. The number of rotatable bonds is 1. The molecule has 1 aliphatic rings. The summed E-state index contributed by atoms with van der Waals surface area (Å²) < 4.78 is 0. The van der Waals surface area contributed by atoms with Gasteiger partial charge in [-0.3, -0.25) is 0 Å². The smallest absolute Gasteiger partial charge is 0.00189 e. The van der Waals surface area contributed by atoms with E-state index in [0.717, 1.165) is 17.1 Å². The second-order valence-electron chi connectivity index (χ2n) is 3.73. The SMILES string of the molecule is CC(C)C1CC[C@H](C)SC1. The van der Waals surface area contributed by atoms with Crippen molar-refractivity contribution in [3.05, 3.63) is 0 Å². The van der Waals surface area contributed by atoms with Crippen molar-refractivity contribution in [3.8, 4) is 0 Å². The molecule has 0 aromatic rings. The van der Waals surface area contributed by atoms with Crippen LogP contribution in [0.1, 0.15) is 33.6 Å². The molecule has 1 saturated heterocycles. The number of thioether (sulfide) groups is 1. The molecule has 10 heavy (non-hydrogen) atoms. The van der Waals surface area contributed by atoms with Crippen molar-refractivity contribution in [2.75, 3.05) is 5.75 Å². The molecular formula is C9H18S. The Kier molecular flexibility index (Phi) is 3.09. The third-order valence-corrected chi connectivity index (χ3v) is 3.91. The van der Waals surface area contributed by atoms with Crippen LogP contribution in [0.3, 0.4) is 0 Å². The van der Waals surface area contributed by atoms with E-state index in [0.29, 0.717) is 0 Å². The van der Waals surface area contributed by atoms with Gasteiger partial charge in [-0.15, -0.1) is 0 Å². The Morgan fingerprint density at radius 1 is 1.30 bits per heavy atom. The summed E-state index contributed by atoms with van der Waals surface area (Å²) in [6.45, 7) is 7.05. The molecule has 0 N–H and O–H groups in total. The zero-order valence-corrected chi connectivity index (χ0v) is 8.08. The maximum atomic E-state index is 2.35. The van der Waals surface area contributed by atoms with E-state index in [4.69, 9.17) is 0 Å². The van der Waals surface area contributed by atoms with Crippen LogP contribution < -0.4 is 0 Å². The van der Waals surface area contributed by atoms with Crippen LogP contribution in [0.2, 0.25) is 0 Å². The molecule has 60 valence electrons. The average Bonchev–Trinajstić information content (AvgIpc) is 1.88. The molecule has 1 heterocycles. The highest BCUT2D eigenvalue weighted by Gasteiger charge is 2.20. The lowest BCUT2D eigenvalue weighted by Crippen LogP contribution is -2.19. The van der Waals surface area contributed by atoms with Gasteiger partial charge in [-0.1, -0.05) is 20.8 Å². The van der Waals surface area contributed by atoms with Crippen LogP contribution in [-0.2, 0) is 0 Å². The van der Waals surface area contributed by atoms with Crippen molar-refractivity contribution in [3.63, 3.8) is 0 Å². The molecular weight excluding hydrogens is 140 g/mol. The summed E-state index contributed by atoms with van der Waals surface area (Å²) >= 11 is 2.15. The predicted octanol–water partition coefficient (Wildman–Crippen LogP) is 3.17. The maximum Gasteiger partial charge on any atom is 0.00189 e. The molecule has 0 saturated carbocycles. The van der Waals surface area contributed by atoms with Gasteiger partial charge in [0.05, 0.1) is 0 Å². The third kappa shape index (κ3) is 2.19. The molecule has 0 bridgehead atoms. The van der Waals surface area contributed by atoms with E-state index in [1.54, 1.807) is 0 Å². The Balaban J connectivity index is 2.26. The fraction of sp³-hybridized carbons (Fsp3) is 1.00. The van der Waals surface area contributed by atoms with Crippen LogP contribution in [0.5, 0.6) is 0 Å². The van der Waals surface area contributed by atoms with E-state index in [9.17, 15) is 0 Å². The minimum atomic E-state index is 0.903. The maximum absolute atomic E-state index is 2.35. The quantitative estimate of drug-likeness (QED) is 0.565. The minimum Gasteiger partial charge on any atom is -0.159 e. The van der Waals surface area contributed by atoms with E-state index in [1.165, 1.54) is 18.6 Å². The Morgan fingerprint density at radius 2 is 2.00 bits per heavy atom. The van der Waals surface area contributed by atoms with E-state index >= 15 is 0 Å². The van der Waals surface area contributed by atoms with Gasteiger partial charge in [0, 0.05) is 5.25 Å². The highest BCUT2D eigenvalue weighted by molar-refractivity contribution is 7.99. The van der Waals surface area contributed by atoms with Gasteiger partial charge in [-0.2, -0.15) is 11.8 Å². The van der Waals surface area contributed by atoms with E-state index in [1.807, 2.05) is 0 Å². The zero-order valence-electron chi connectivity index (χ0n) is 7.26. The molecule has 0 nitrogen and oxygen atoms in total. The van der Waals surface area contributed by atoms with Gasteiger partial charge in [0.2, 0.25) is 0 Å². The Hall–Kier alpha value is 0.350. The lowest BCUT2D eigenvalue weighted by Gasteiger charge is -2.28. The van der Waals surface area contributed by atoms with E-state index in [-0.39, 0.29) is 0 Å². The lowest BCUT2D eigenvalue weighted by molar-refractivity contribution is 0.379. The minimum absolute atomic E-state index is 0.903. The van der Waals surface area contributed by atoms with Crippen molar-refractivity contribution >= 4 is 11.8 Å². The van der Waals surface area contributed by atoms with Crippen molar-refractivity contribution in [2.24, 2.45) is 11.8 Å². The van der Waals surface area contributed by atoms with Crippen molar-refractivity contribution in [1.82, 2.24) is 0 Å². The second-order valence-corrected chi connectivity index (χ2v) is 5.20. The predicted molar refractivity (Wildman–Crippen MR) is 49.5 cm³/mol. The Bertz CT molecular complexity index is 90.9. The fourth-order valence-corrected chi connectivity index (χ4v) is 2.86. The molecule has 2 atom stereocenters. The molecule has 0 amide bonds. The Morgan fingerprint density at radius 3 is 2.40 bits per heavy atom. The normalized spacial score (nSPS) is 34.8. The Labute approximate surface area is 68.8 Å². The van der Waals surface area contributed by atoms with E-state index in [2.05, 4.69) is 32.5 Å². The topological polar surface area (TPSA) is 0 Å². The first-order chi connectivity index (χ1) is 4.70. The molecule has 0 spiro atoms. The summed E-state index contributed by atoms with van der Waals surface area (Å²) in [5, 5.41) is 0.926. The number of hydrogen-bond acceptors (Lipinski definition) is 1. The van der Waals surface area contributed by atoms with Crippen molar-refractivity contribution in [1.29, 1.82) is 0 Å². The molecule has 0 aliphatic carbocycles. The second kappa shape index (κ2) is 3.66. The largest absolute Gasteiger partial charge is 0.159 e. The van der Waals surface area contributed by atoms with Crippen LogP contribution in [0.15, 0.2) is 0 Å². The third-order valence-electron chi connectivity index (χ3n) is 2.48. The van der Waals surface area contributed by atoms with Crippen LogP contribution in [-0.4, -0.2) is 11.0 Å². The van der Waals surface area contributed by atoms with Crippen LogP contribution >= 0.6 is 11.8 Å². The molecule has 1 rings (SSSR count). The lowest BCUT2D eigenvalue weighted by atomic mass is 9.92. The van der Waals surface area contributed by atoms with Gasteiger partial charge in [0.1, 0.15) is 0 Å². The van der Waals surface area contributed by atoms with E-state index < -0.39 is 0 Å². The summed E-state index contributed by atoms with van der Waals surface area (Å²) in [5.74, 6) is 3.31. The van der Waals surface area contributed by atoms with Crippen molar-refractivity contribution < 1.29 is 0 Å². The van der Waals surface area contributed by atoms with Crippen LogP contribution in [0, 0.1) is 11.8 Å².